The maximum Gasteiger partial charge on any atom is 0.106 e. The lowest BCUT2D eigenvalue weighted by molar-refractivity contribution is 0.482. The van der Waals surface area contributed by atoms with Crippen molar-refractivity contribution >= 4 is 17.0 Å². The predicted molar refractivity (Wildman–Crippen MR) is 64.1 cm³/mol. The van der Waals surface area contributed by atoms with Crippen LogP contribution in [0.2, 0.25) is 31.9 Å². The van der Waals surface area contributed by atoms with E-state index in [0.29, 0.717) is 0 Å². The average molecular weight is 203 g/mol. The molecule has 0 aliphatic heterocycles. The van der Waals surface area contributed by atoms with Gasteiger partial charge in [-0.05, 0) is 13.1 Å². The molecule has 0 aromatic carbocycles. The molecule has 0 aliphatic carbocycles. The molecule has 0 radical (unpaired) electrons. The van der Waals surface area contributed by atoms with Crippen LogP contribution in [0, 0.1) is 0 Å². The summed E-state index contributed by atoms with van der Waals surface area (Å²) in [6, 6.07) is 0. The highest BCUT2D eigenvalue weighted by atomic mass is 28.4. The molecule has 12 heavy (non-hydrogen) atoms. The zero-order chi connectivity index (χ0) is 9.78. The van der Waals surface area contributed by atoms with Crippen LogP contribution in [0.5, 0.6) is 0 Å². The van der Waals surface area contributed by atoms with Crippen LogP contribution in [-0.2, 0) is 0 Å². The first-order valence-corrected chi connectivity index (χ1v) is 11.3. The van der Waals surface area contributed by atoms with Gasteiger partial charge in [0, 0.05) is 8.07 Å². The van der Waals surface area contributed by atoms with Crippen LogP contribution in [0.25, 0.3) is 0 Å². The van der Waals surface area contributed by atoms with E-state index in [1.54, 1.807) is 5.67 Å². The van der Waals surface area contributed by atoms with Gasteiger partial charge in [-0.15, -0.1) is 0 Å². The molecule has 74 valence electrons. The fraction of sp³-hybridized carbons (Fsp3) is 1.00. The van der Waals surface area contributed by atoms with Crippen LogP contribution in [0.3, 0.4) is 0 Å². The highest BCUT2D eigenvalue weighted by Gasteiger charge is 2.21. The van der Waals surface area contributed by atoms with Crippen LogP contribution in [0.1, 0.15) is 13.8 Å². The van der Waals surface area contributed by atoms with Crippen molar-refractivity contribution in [1.82, 2.24) is 4.57 Å². The molecule has 0 amide bonds. The monoisotopic (exact) mass is 203 g/mol. The Balaban J connectivity index is 3.92. The van der Waals surface area contributed by atoms with E-state index in [9.17, 15) is 0 Å². The fourth-order valence-electron chi connectivity index (χ4n) is 1.86. The molecule has 0 spiro atoms. The van der Waals surface area contributed by atoms with Gasteiger partial charge in [-0.1, -0.05) is 45.7 Å². The van der Waals surface area contributed by atoms with Gasteiger partial charge in [0.25, 0.3) is 0 Å². The standard InChI is InChI=1S/C9H25NSi2/c1-7-10(8-2)11(3)9-12(4,5)6/h11H,7-9H2,1-6H3. The second-order valence-electron chi connectivity index (χ2n) is 4.84. The summed E-state index contributed by atoms with van der Waals surface area (Å²) in [7, 11) is -1.34. The second kappa shape index (κ2) is 5.19. The van der Waals surface area contributed by atoms with Gasteiger partial charge in [0.1, 0.15) is 8.96 Å². The number of hydrogen-bond donors (Lipinski definition) is 0. The summed E-state index contributed by atoms with van der Waals surface area (Å²) < 4.78 is 2.69. The van der Waals surface area contributed by atoms with Gasteiger partial charge in [0.15, 0.2) is 0 Å². The maximum absolute atomic E-state index is 2.69. The largest absolute Gasteiger partial charge is 0.327 e. The Morgan fingerprint density at radius 2 is 1.50 bits per heavy atom. The van der Waals surface area contributed by atoms with Gasteiger partial charge in [0.05, 0.1) is 0 Å². The lowest BCUT2D eigenvalue weighted by Gasteiger charge is -2.29. The van der Waals surface area contributed by atoms with E-state index in [-0.39, 0.29) is 0 Å². The van der Waals surface area contributed by atoms with Gasteiger partial charge in [-0.3, -0.25) is 0 Å². The van der Waals surface area contributed by atoms with Crippen molar-refractivity contribution in [2.45, 2.75) is 45.7 Å². The van der Waals surface area contributed by atoms with Crippen molar-refractivity contribution in [3.05, 3.63) is 0 Å². The van der Waals surface area contributed by atoms with E-state index >= 15 is 0 Å². The van der Waals surface area contributed by atoms with E-state index in [1.165, 1.54) is 13.1 Å². The van der Waals surface area contributed by atoms with Gasteiger partial charge in [-0.25, -0.2) is 0 Å². The van der Waals surface area contributed by atoms with Crippen molar-refractivity contribution in [3.8, 4) is 0 Å². The molecule has 0 aromatic rings. The Hall–Kier alpha value is 0.394. The Kier molecular flexibility index (Phi) is 5.36. The highest BCUT2D eigenvalue weighted by molar-refractivity contribution is 6.86. The van der Waals surface area contributed by atoms with Crippen molar-refractivity contribution in [2.75, 3.05) is 13.1 Å². The molecule has 3 heteroatoms. The van der Waals surface area contributed by atoms with E-state index in [0.717, 1.165) is 0 Å². The van der Waals surface area contributed by atoms with Gasteiger partial charge in [-0.2, -0.15) is 0 Å². The van der Waals surface area contributed by atoms with Gasteiger partial charge < -0.3 is 4.57 Å². The zero-order valence-corrected chi connectivity index (χ0v) is 11.8. The third kappa shape index (κ3) is 5.11. The normalized spacial score (nSPS) is 15.2. The fourth-order valence-corrected chi connectivity index (χ4v) is 11.2. The minimum atomic E-state index is -0.796. The van der Waals surface area contributed by atoms with E-state index < -0.39 is 17.0 Å². The molecule has 0 rings (SSSR count). The molecule has 0 aromatic heterocycles. The minimum absolute atomic E-state index is 0.547. The molecule has 1 atom stereocenters. The zero-order valence-electron chi connectivity index (χ0n) is 9.65. The first-order chi connectivity index (χ1) is 5.40. The van der Waals surface area contributed by atoms with E-state index in [4.69, 9.17) is 0 Å². The quantitative estimate of drug-likeness (QED) is 0.621. The molecule has 1 unspecified atom stereocenters. The summed E-state index contributed by atoms with van der Waals surface area (Å²) in [5, 5.41) is 0. The molecule has 0 bridgehead atoms. The van der Waals surface area contributed by atoms with Crippen LogP contribution in [0.15, 0.2) is 0 Å². The first kappa shape index (κ1) is 12.4. The Morgan fingerprint density at radius 1 is 1.08 bits per heavy atom. The SMILES string of the molecule is CCN(CC)[SiH](C)C[Si](C)(C)C. The topological polar surface area (TPSA) is 3.24 Å². The Labute approximate surface area is 80.9 Å². The average Bonchev–Trinajstić information content (AvgIpc) is 1.85. The lowest BCUT2D eigenvalue weighted by Crippen LogP contribution is -2.42. The van der Waals surface area contributed by atoms with Crippen LogP contribution < -0.4 is 0 Å². The van der Waals surface area contributed by atoms with Crippen molar-refractivity contribution in [3.63, 3.8) is 0 Å². The molecule has 0 saturated heterocycles. The molecule has 0 fully saturated rings. The summed E-state index contributed by atoms with van der Waals surface area (Å²) in [5.74, 6) is 0. The molecule has 0 N–H and O–H groups in total. The third-order valence-corrected chi connectivity index (χ3v) is 11.6. The van der Waals surface area contributed by atoms with Crippen LogP contribution >= 0.6 is 0 Å². The smallest absolute Gasteiger partial charge is 0.106 e. The number of rotatable bonds is 5. The van der Waals surface area contributed by atoms with Crippen molar-refractivity contribution < 1.29 is 0 Å². The van der Waals surface area contributed by atoms with Gasteiger partial charge in [0.2, 0.25) is 0 Å². The first-order valence-electron chi connectivity index (χ1n) is 5.14. The summed E-state index contributed by atoms with van der Waals surface area (Å²) >= 11 is 0. The number of nitrogens with zero attached hydrogens (tertiary/aromatic N) is 1. The molecular weight excluding hydrogens is 178 g/mol. The molecule has 0 saturated carbocycles. The van der Waals surface area contributed by atoms with E-state index in [2.05, 4.69) is 44.6 Å². The second-order valence-corrected chi connectivity index (χ2v) is 14.0. The van der Waals surface area contributed by atoms with Crippen LogP contribution in [0.4, 0.5) is 0 Å². The summed E-state index contributed by atoms with van der Waals surface area (Å²) in [5.41, 5.74) is 1.56. The Morgan fingerprint density at radius 3 is 1.75 bits per heavy atom. The third-order valence-electron chi connectivity index (χ3n) is 2.34. The highest BCUT2D eigenvalue weighted by Crippen LogP contribution is 2.12. The molecule has 1 nitrogen and oxygen atoms in total. The summed E-state index contributed by atoms with van der Waals surface area (Å²) in [4.78, 5) is 0. The molecular formula is C9H25NSi2. The molecule has 0 heterocycles. The minimum Gasteiger partial charge on any atom is -0.327 e. The lowest BCUT2D eigenvalue weighted by atomic mass is 10.7. The Bertz CT molecular complexity index is 116. The van der Waals surface area contributed by atoms with Crippen molar-refractivity contribution in [2.24, 2.45) is 0 Å². The maximum atomic E-state index is 2.69. The van der Waals surface area contributed by atoms with Crippen molar-refractivity contribution in [1.29, 1.82) is 0 Å². The van der Waals surface area contributed by atoms with Gasteiger partial charge >= 0.3 is 0 Å². The predicted octanol–water partition coefficient (Wildman–Crippen LogP) is 2.56. The van der Waals surface area contributed by atoms with E-state index in [1.807, 2.05) is 0 Å². The molecule has 0 aliphatic rings. The summed E-state index contributed by atoms with van der Waals surface area (Å²) in [6.07, 6.45) is 0. The van der Waals surface area contributed by atoms with Crippen LogP contribution in [-0.4, -0.2) is 34.7 Å². The summed E-state index contributed by atoms with van der Waals surface area (Å²) in [6.45, 7) is 17.1. The number of hydrogen-bond acceptors (Lipinski definition) is 1.